The summed E-state index contributed by atoms with van der Waals surface area (Å²) in [4.78, 5) is 21.1. The number of hydrogen-bond donors (Lipinski definition) is 1. The number of urea groups is 1. The molecule has 38 heavy (non-hydrogen) atoms. The van der Waals surface area contributed by atoms with Gasteiger partial charge in [0, 0.05) is 55.9 Å². The Hall–Kier alpha value is -3.73. The van der Waals surface area contributed by atoms with Crippen LogP contribution in [0.4, 0.5) is 32.4 Å². The molecule has 0 spiro atoms. The normalized spacial score (nSPS) is 14.9. The van der Waals surface area contributed by atoms with Gasteiger partial charge in [0.05, 0.1) is 5.56 Å². The third-order valence-corrected chi connectivity index (χ3v) is 6.36. The lowest BCUT2D eigenvalue weighted by Crippen LogP contribution is -2.48. The average Bonchev–Trinajstić information content (AvgIpc) is 2.89. The van der Waals surface area contributed by atoms with Gasteiger partial charge in [0.1, 0.15) is 5.75 Å². The number of anilines is 1. The summed E-state index contributed by atoms with van der Waals surface area (Å²) < 4.78 is 69.6. The summed E-state index contributed by atoms with van der Waals surface area (Å²) in [5.74, 6) is 0.128. The second-order valence-electron chi connectivity index (χ2n) is 8.99. The Bertz CT molecular complexity index is 1200. The SMILES string of the molecule is O=C(Nc1cccc(C(F)(F)F)c1)N(Cc1cccnc1)C1CCN(Cc2ccccc2OC(F)F)CC1. The van der Waals surface area contributed by atoms with Crippen LogP contribution in [0.1, 0.15) is 29.5 Å². The average molecular weight is 535 g/mol. The van der Waals surface area contributed by atoms with E-state index in [-0.39, 0.29) is 24.0 Å². The fraction of sp³-hybridized carbons (Fsp3) is 0.333. The lowest BCUT2D eigenvalue weighted by molar-refractivity contribution is -0.137. The first kappa shape index (κ1) is 27.3. The molecule has 1 aromatic heterocycles. The number of pyridine rings is 1. The van der Waals surface area contributed by atoms with Gasteiger partial charge < -0.3 is 15.0 Å². The fourth-order valence-corrected chi connectivity index (χ4v) is 4.50. The van der Waals surface area contributed by atoms with Gasteiger partial charge in [-0.1, -0.05) is 30.3 Å². The van der Waals surface area contributed by atoms with Crippen molar-refractivity contribution in [1.82, 2.24) is 14.8 Å². The maximum atomic E-state index is 13.3. The highest BCUT2D eigenvalue weighted by Crippen LogP contribution is 2.31. The molecule has 0 radical (unpaired) electrons. The number of likely N-dealkylation sites (tertiary alicyclic amines) is 1. The molecule has 0 aliphatic carbocycles. The summed E-state index contributed by atoms with van der Waals surface area (Å²) in [6.45, 7) is -1.09. The van der Waals surface area contributed by atoms with Crippen LogP contribution in [0.3, 0.4) is 0 Å². The number of nitrogens with one attached hydrogen (secondary N) is 1. The maximum Gasteiger partial charge on any atom is 0.416 e. The molecule has 6 nitrogen and oxygen atoms in total. The lowest BCUT2D eigenvalue weighted by Gasteiger charge is -2.38. The van der Waals surface area contributed by atoms with Crippen LogP contribution in [0.2, 0.25) is 0 Å². The molecular formula is C27H27F5N4O2. The molecule has 2 amide bonds. The summed E-state index contributed by atoms with van der Waals surface area (Å²) in [6.07, 6.45) is -0.0888. The van der Waals surface area contributed by atoms with E-state index >= 15 is 0 Å². The molecule has 0 unspecified atom stereocenters. The van der Waals surface area contributed by atoms with Crippen LogP contribution in [-0.4, -0.2) is 46.6 Å². The Kier molecular flexibility index (Phi) is 8.77. The van der Waals surface area contributed by atoms with Crippen LogP contribution in [0, 0.1) is 0 Å². The number of hydrogen-bond acceptors (Lipinski definition) is 4. The van der Waals surface area contributed by atoms with Gasteiger partial charge in [0.2, 0.25) is 0 Å². The van der Waals surface area contributed by atoms with Crippen molar-refractivity contribution in [3.05, 3.63) is 89.7 Å². The minimum absolute atomic E-state index is 0.0501. The van der Waals surface area contributed by atoms with Gasteiger partial charge in [-0.2, -0.15) is 22.0 Å². The van der Waals surface area contributed by atoms with Gasteiger partial charge in [0.25, 0.3) is 0 Å². The fourth-order valence-electron chi connectivity index (χ4n) is 4.50. The Morgan fingerprint density at radius 2 is 1.84 bits per heavy atom. The number of rotatable bonds is 8. The quantitative estimate of drug-likeness (QED) is 0.340. The molecular weight excluding hydrogens is 507 g/mol. The second-order valence-corrected chi connectivity index (χ2v) is 8.99. The number of halogens is 5. The standard InChI is InChI=1S/C27H27F5N4O2/c28-25(29)38-24-9-2-1-6-20(24)18-35-13-10-23(11-14-35)36(17-19-5-4-12-33-16-19)26(37)34-22-8-3-7-21(15-22)27(30,31)32/h1-9,12,15-16,23,25H,10-11,13-14,17-18H2,(H,34,37). The number of amides is 2. The molecule has 2 aromatic carbocycles. The molecule has 1 fully saturated rings. The monoisotopic (exact) mass is 534 g/mol. The number of alkyl halides is 5. The highest BCUT2D eigenvalue weighted by molar-refractivity contribution is 5.89. The highest BCUT2D eigenvalue weighted by atomic mass is 19.4. The third-order valence-electron chi connectivity index (χ3n) is 6.36. The predicted molar refractivity (Wildman–Crippen MR) is 132 cm³/mol. The van der Waals surface area contributed by atoms with Crippen molar-refractivity contribution < 1.29 is 31.5 Å². The van der Waals surface area contributed by atoms with Crippen LogP contribution in [0.25, 0.3) is 0 Å². The summed E-state index contributed by atoms with van der Waals surface area (Å²) in [7, 11) is 0. The van der Waals surface area contributed by atoms with Crippen LogP contribution >= 0.6 is 0 Å². The first-order chi connectivity index (χ1) is 18.2. The van der Waals surface area contributed by atoms with Gasteiger partial charge in [-0.15, -0.1) is 0 Å². The zero-order valence-electron chi connectivity index (χ0n) is 20.4. The number of nitrogens with zero attached hydrogens (tertiary/aromatic N) is 3. The number of para-hydroxylation sites is 1. The zero-order chi connectivity index (χ0) is 27.1. The molecule has 4 rings (SSSR count). The summed E-state index contributed by atoms with van der Waals surface area (Å²) >= 11 is 0. The van der Waals surface area contributed by atoms with E-state index in [4.69, 9.17) is 0 Å². The van der Waals surface area contributed by atoms with Crippen LogP contribution < -0.4 is 10.1 Å². The predicted octanol–water partition coefficient (Wildman–Crippen LogP) is 6.40. The van der Waals surface area contributed by atoms with E-state index in [9.17, 15) is 26.7 Å². The number of piperidine rings is 1. The first-order valence-corrected chi connectivity index (χ1v) is 12.1. The number of ether oxygens (including phenoxy) is 1. The lowest BCUT2D eigenvalue weighted by atomic mass is 10.0. The van der Waals surface area contributed by atoms with Gasteiger partial charge in [-0.25, -0.2) is 4.79 Å². The first-order valence-electron chi connectivity index (χ1n) is 12.1. The molecule has 3 aromatic rings. The van der Waals surface area contributed by atoms with E-state index in [0.29, 0.717) is 38.0 Å². The molecule has 1 aliphatic rings. The minimum Gasteiger partial charge on any atom is -0.434 e. The summed E-state index contributed by atoms with van der Waals surface area (Å²) in [5, 5.41) is 2.61. The maximum absolute atomic E-state index is 13.3. The van der Waals surface area contributed by atoms with Crippen molar-refractivity contribution in [2.24, 2.45) is 0 Å². The molecule has 0 saturated carbocycles. The van der Waals surface area contributed by atoms with Crippen molar-refractivity contribution in [2.45, 2.75) is 44.8 Å². The van der Waals surface area contributed by atoms with Gasteiger partial charge in [-0.3, -0.25) is 9.88 Å². The van der Waals surface area contributed by atoms with E-state index in [1.165, 1.54) is 18.2 Å². The zero-order valence-corrected chi connectivity index (χ0v) is 20.4. The van der Waals surface area contributed by atoms with E-state index in [1.54, 1.807) is 41.6 Å². The van der Waals surface area contributed by atoms with E-state index < -0.39 is 24.4 Å². The van der Waals surface area contributed by atoms with Gasteiger partial charge in [-0.05, 0) is 48.7 Å². The number of benzene rings is 2. The smallest absolute Gasteiger partial charge is 0.416 e. The minimum atomic E-state index is -4.53. The van der Waals surface area contributed by atoms with Crippen LogP contribution in [0.5, 0.6) is 5.75 Å². The molecule has 0 atom stereocenters. The summed E-state index contributed by atoms with van der Waals surface area (Å²) in [5.41, 5.74) is 0.626. The van der Waals surface area contributed by atoms with Crippen LogP contribution in [-0.2, 0) is 19.3 Å². The molecule has 0 bridgehead atoms. The third kappa shape index (κ3) is 7.41. The molecule has 1 aliphatic heterocycles. The van der Waals surface area contributed by atoms with Crippen LogP contribution in [0.15, 0.2) is 73.1 Å². The van der Waals surface area contributed by atoms with Crippen molar-refractivity contribution in [2.75, 3.05) is 18.4 Å². The van der Waals surface area contributed by atoms with Crippen molar-refractivity contribution in [1.29, 1.82) is 0 Å². The Morgan fingerprint density at radius 3 is 2.53 bits per heavy atom. The molecule has 2 heterocycles. The Balaban J connectivity index is 1.45. The summed E-state index contributed by atoms with van der Waals surface area (Å²) in [6, 6.07) is 14.0. The van der Waals surface area contributed by atoms with E-state index in [0.717, 1.165) is 17.7 Å². The van der Waals surface area contributed by atoms with Gasteiger partial charge in [0.15, 0.2) is 0 Å². The largest absolute Gasteiger partial charge is 0.434 e. The molecule has 202 valence electrons. The van der Waals surface area contributed by atoms with Crippen molar-refractivity contribution in [3.8, 4) is 5.75 Å². The number of carbonyl (C=O) groups is 1. The van der Waals surface area contributed by atoms with Gasteiger partial charge >= 0.3 is 18.8 Å². The van der Waals surface area contributed by atoms with E-state index in [2.05, 4.69) is 19.9 Å². The molecule has 1 saturated heterocycles. The second kappa shape index (κ2) is 12.2. The molecule has 11 heteroatoms. The highest BCUT2D eigenvalue weighted by Gasteiger charge is 2.32. The number of aromatic nitrogens is 1. The van der Waals surface area contributed by atoms with Crippen molar-refractivity contribution in [3.63, 3.8) is 0 Å². The number of carbonyl (C=O) groups excluding carboxylic acids is 1. The Morgan fingerprint density at radius 1 is 1.08 bits per heavy atom. The molecule has 1 N–H and O–H groups in total. The topological polar surface area (TPSA) is 57.7 Å². The van der Waals surface area contributed by atoms with E-state index in [1.807, 2.05) is 6.07 Å². The van der Waals surface area contributed by atoms with Crippen molar-refractivity contribution >= 4 is 11.7 Å². The Labute approximate surface area is 217 Å².